The van der Waals surface area contributed by atoms with Gasteiger partial charge < -0.3 is 9.47 Å². The molecule has 4 heteroatoms. The van der Waals surface area contributed by atoms with E-state index < -0.39 is 0 Å². The highest BCUT2D eigenvalue weighted by molar-refractivity contribution is 5.79. The predicted octanol–water partition coefficient (Wildman–Crippen LogP) is 3.09. The summed E-state index contributed by atoms with van der Waals surface area (Å²) in [4.78, 5) is 23.2. The minimum atomic E-state index is -0.365. The number of esters is 2. The Bertz CT molecular complexity index is 238. The number of ether oxygens (including phenoxy) is 2. The van der Waals surface area contributed by atoms with Gasteiger partial charge in [-0.25, -0.2) is 0 Å². The van der Waals surface area contributed by atoms with E-state index in [4.69, 9.17) is 9.47 Å². The largest absolute Gasteiger partial charge is 0.466 e. The molecule has 0 aliphatic rings. The van der Waals surface area contributed by atoms with Crippen molar-refractivity contribution < 1.29 is 19.1 Å². The average molecular weight is 258 g/mol. The van der Waals surface area contributed by atoms with Crippen molar-refractivity contribution in [2.75, 3.05) is 13.2 Å². The Hall–Kier alpha value is -1.06. The number of rotatable bonds is 10. The molecule has 0 N–H and O–H groups in total. The van der Waals surface area contributed by atoms with Crippen LogP contribution < -0.4 is 0 Å². The lowest BCUT2D eigenvalue weighted by molar-refractivity contribution is -0.155. The molecular weight excluding hydrogens is 232 g/mol. The SMILES string of the molecule is CCCCOC(=O)CC(CC)C(=O)OCCCC. The molecule has 1 unspecified atom stereocenters. The third-order valence-corrected chi connectivity index (χ3v) is 2.74. The number of hydrogen-bond acceptors (Lipinski definition) is 4. The second kappa shape index (κ2) is 11.1. The molecule has 0 aliphatic heterocycles. The van der Waals surface area contributed by atoms with Crippen LogP contribution in [0.4, 0.5) is 0 Å². The summed E-state index contributed by atoms with van der Waals surface area (Å²) in [5.41, 5.74) is 0. The lowest BCUT2D eigenvalue weighted by Gasteiger charge is -2.13. The maximum absolute atomic E-state index is 11.7. The smallest absolute Gasteiger partial charge is 0.309 e. The Balaban J connectivity index is 3.93. The highest BCUT2D eigenvalue weighted by Gasteiger charge is 2.22. The highest BCUT2D eigenvalue weighted by Crippen LogP contribution is 2.12. The molecule has 0 spiro atoms. The monoisotopic (exact) mass is 258 g/mol. The molecule has 0 bridgehead atoms. The Kier molecular flexibility index (Phi) is 10.4. The van der Waals surface area contributed by atoms with Crippen molar-refractivity contribution in [1.82, 2.24) is 0 Å². The van der Waals surface area contributed by atoms with E-state index in [1.54, 1.807) is 0 Å². The van der Waals surface area contributed by atoms with Crippen LogP contribution in [0.5, 0.6) is 0 Å². The van der Waals surface area contributed by atoms with Gasteiger partial charge in [0, 0.05) is 0 Å². The summed E-state index contributed by atoms with van der Waals surface area (Å²) in [6.45, 7) is 6.84. The number of hydrogen-bond donors (Lipinski definition) is 0. The molecule has 0 aromatic heterocycles. The Labute approximate surface area is 110 Å². The molecule has 18 heavy (non-hydrogen) atoms. The van der Waals surface area contributed by atoms with Gasteiger partial charge in [0.1, 0.15) is 0 Å². The summed E-state index contributed by atoms with van der Waals surface area (Å²) in [7, 11) is 0. The van der Waals surface area contributed by atoms with Gasteiger partial charge in [-0.2, -0.15) is 0 Å². The summed E-state index contributed by atoms with van der Waals surface area (Å²) < 4.78 is 10.2. The zero-order valence-electron chi connectivity index (χ0n) is 11.9. The van der Waals surface area contributed by atoms with Crippen molar-refractivity contribution in [3.05, 3.63) is 0 Å². The summed E-state index contributed by atoms with van der Waals surface area (Å²) in [6, 6.07) is 0. The van der Waals surface area contributed by atoms with Crippen molar-refractivity contribution in [2.45, 2.75) is 59.3 Å². The van der Waals surface area contributed by atoms with Crippen LogP contribution in [0.15, 0.2) is 0 Å². The molecule has 0 saturated heterocycles. The van der Waals surface area contributed by atoms with Gasteiger partial charge in [-0.1, -0.05) is 33.6 Å². The van der Waals surface area contributed by atoms with E-state index in [0.29, 0.717) is 19.6 Å². The molecule has 0 heterocycles. The van der Waals surface area contributed by atoms with Gasteiger partial charge in [-0.15, -0.1) is 0 Å². The van der Waals surface area contributed by atoms with Gasteiger partial charge in [0.25, 0.3) is 0 Å². The van der Waals surface area contributed by atoms with Gasteiger partial charge in [0.2, 0.25) is 0 Å². The first-order valence-corrected chi connectivity index (χ1v) is 6.97. The zero-order chi connectivity index (χ0) is 13.8. The van der Waals surface area contributed by atoms with Gasteiger partial charge in [-0.3, -0.25) is 9.59 Å². The molecule has 0 aromatic rings. The van der Waals surface area contributed by atoms with Crippen LogP contribution in [0.1, 0.15) is 59.3 Å². The van der Waals surface area contributed by atoms with E-state index in [1.165, 1.54) is 0 Å². The van der Waals surface area contributed by atoms with Crippen molar-refractivity contribution in [2.24, 2.45) is 5.92 Å². The van der Waals surface area contributed by atoms with Crippen LogP contribution in [0, 0.1) is 5.92 Å². The second-order valence-electron chi connectivity index (χ2n) is 4.40. The molecule has 0 fully saturated rings. The van der Waals surface area contributed by atoms with E-state index in [0.717, 1.165) is 25.7 Å². The van der Waals surface area contributed by atoms with E-state index in [9.17, 15) is 9.59 Å². The second-order valence-corrected chi connectivity index (χ2v) is 4.40. The minimum Gasteiger partial charge on any atom is -0.466 e. The summed E-state index contributed by atoms with van der Waals surface area (Å²) in [5.74, 6) is -0.947. The molecule has 0 radical (unpaired) electrons. The van der Waals surface area contributed by atoms with Crippen LogP contribution in [-0.4, -0.2) is 25.2 Å². The molecule has 0 amide bonds. The maximum atomic E-state index is 11.7. The van der Waals surface area contributed by atoms with Gasteiger partial charge in [-0.05, 0) is 19.3 Å². The summed E-state index contributed by atoms with van der Waals surface area (Å²) in [6.07, 6.45) is 4.44. The lowest BCUT2D eigenvalue weighted by Crippen LogP contribution is -2.22. The molecule has 1 atom stereocenters. The van der Waals surface area contributed by atoms with Gasteiger partial charge >= 0.3 is 11.9 Å². The Morgan fingerprint density at radius 3 is 2.00 bits per heavy atom. The standard InChI is InChI=1S/C14H26O4/c1-4-7-9-17-13(15)11-12(6-3)14(16)18-10-8-5-2/h12H,4-11H2,1-3H3. The topological polar surface area (TPSA) is 52.6 Å². The maximum Gasteiger partial charge on any atom is 0.309 e. The Morgan fingerprint density at radius 1 is 0.944 bits per heavy atom. The van der Waals surface area contributed by atoms with E-state index >= 15 is 0 Å². The molecule has 0 rings (SSSR count). The van der Waals surface area contributed by atoms with Crippen LogP contribution in [-0.2, 0) is 19.1 Å². The average Bonchev–Trinajstić information content (AvgIpc) is 2.36. The first-order valence-electron chi connectivity index (χ1n) is 6.97. The van der Waals surface area contributed by atoms with E-state index in [-0.39, 0.29) is 24.3 Å². The number of unbranched alkanes of at least 4 members (excludes halogenated alkanes) is 2. The molecule has 106 valence electrons. The zero-order valence-corrected chi connectivity index (χ0v) is 11.9. The van der Waals surface area contributed by atoms with Crippen molar-refractivity contribution >= 4 is 11.9 Å². The fourth-order valence-corrected chi connectivity index (χ4v) is 1.42. The third kappa shape index (κ3) is 8.09. The molecule has 0 aliphatic carbocycles. The fraction of sp³-hybridized carbons (Fsp3) is 0.857. The van der Waals surface area contributed by atoms with Crippen LogP contribution >= 0.6 is 0 Å². The van der Waals surface area contributed by atoms with Crippen LogP contribution in [0.25, 0.3) is 0 Å². The Morgan fingerprint density at radius 2 is 1.50 bits per heavy atom. The first-order chi connectivity index (χ1) is 8.65. The van der Waals surface area contributed by atoms with Crippen molar-refractivity contribution in [1.29, 1.82) is 0 Å². The van der Waals surface area contributed by atoms with Crippen LogP contribution in [0.3, 0.4) is 0 Å². The molecule has 4 nitrogen and oxygen atoms in total. The minimum absolute atomic E-state index is 0.130. The first kappa shape index (κ1) is 16.9. The van der Waals surface area contributed by atoms with E-state index in [1.807, 2.05) is 20.8 Å². The third-order valence-electron chi connectivity index (χ3n) is 2.74. The fourth-order valence-electron chi connectivity index (χ4n) is 1.42. The molecular formula is C14H26O4. The number of carbonyl (C=O) groups is 2. The quantitative estimate of drug-likeness (QED) is 0.446. The normalized spacial score (nSPS) is 11.9. The lowest BCUT2D eigenvalue weighted by atomic mass is 10.0. The predicted molar refractivity (Wildman–Crippen MR) is 70.1 cm³/mol. The van der Waals surface area contributed by atoms with Crippen molar-refractivity contribution in [3.63, 3.8) is 0 Å². The van der Waals surface area contributed by atoms with Crippen LogP contribution in [0.2, 0.25) is 0 Å². The summed E-state index contributed by atoms with van der Waals surface area (Å²) >= 11 is 0. The van der Waals surface area contributed by atoms with E-state index in [2.05, 4.69) is 0 Å². The highest BCUT2D eigenvalue weighted by atomic mass is 16.5. The van der Waals surface area contributed by atoms with Crippen molar-refractivity contribution in [3.8, 4) is 0 Å². The molecule has 0 saturated carbocycles. The summed E-state index contributed by atoms with van der Waals surface area (Å²) in [5, 5.41) is 0. The van der Waals surface area contributed by atoms with Gasteiger partial charge in [0.05, 0.1) is 25.6 Å². The molecule has 0 aromatic carbocycles. The number of carbonyl (C=O) groups excluding carboxylic acids is 2. The van der Waals surface area contributed by atoms with Gasteiger partial charge in [0.15, 0.2) is 0 Å².